The van der Waals surface area contributed by atoms with Gasteiger partial charge in [-0.05, 0) is 36.2 Å². The molecule has 0 spiro atoms. The molecule has 7 heteroatoms. The summed E-state index contributed by atoms with van der Waals surface area (Å²) >= 11 is 6.40. The van der Waals surface area contributed by atoms with E-state index in [0.29, 0.717) is 0 Å². The number of amides is 1. The Morgan fingerprint density at radius 3 is 2.46 bits per heavy atom. The van der Waals surface area contributed by atoms with E-state index < -0.39 is 5.00 Å². The minimum absolute atomic E-state index is 0.224. The van der Waals surface area contributed by atoms with Crippen LogP contribution >= 0.6 is 11.6 Å². The first kappa shape index (κ1) is 16.5. The normalized spacial score (nSPS) is 18.8. The van der Waals surface area contributed by atoms with Crippen LogP contribution in [0, 0.1) is 0 Å². The Bertz CT molecular complexity index is 736. The quantitative estimate of drug-likeness (QED) is 0.645. The molecule has 0 saturated carbocycles. The SMILES string of the molecule is CCc1cccc(CC)c1N(Cn1cncn1)C(=O)C1(Cl)C=CN1. The predicted molar refractivity (Wildman–Crippen MR) is 93.6 cm³/mol. The highest BCUT2D eigenvalue weighted by Gasteiger charge is 2.42. The summed E-state index contributed by atoms with van der Waals surface area (Å²) in [7, 11) is 0. The molecule has 0 fully saturated rings. The Morgan fingerprint density at radius 1 is 1.33 bits per heavy atom. The highest BCUT2D eigenvalue weighted by atomic mass is 35.5. The van der Waals surface area contributed by atoms with Gasteiger partial charge in [0.1, 0.15) is 19.3 Å². The summed E-state index contributed by atoms with van der Waals surface area (Å²) in [5, 5.41) is 7.01. The number of halogens is 1. The molecule has 1 N–H and O–H groups in total. The number of anilines is 1. The fourth-order valence-corrected chi connectivity index (χ4v) is 3.04. The molecule has 126 valence electrons. The zero-order chi connectivity index (χ0) is 17.2. The van der Waals surface area contributed by atoms with Crippen molar-refractivity contribution in [3.63, 3.8) is 0 Å². The van der Waals surface area contributed by atoms with Gasteiger partial charge in [-0.25, -0.2) is 9.67 Å². The van der Waals surface area contributed by atoms with Crippen LogP contribution in [0.4, 0.5) is 5.69 Å². The molecule has 0 bridgehead atoms. The van der Waals surface area contributed by atoms with Crippen LogP contribution in [0.2, 0.25) is 0 Å². The van der Waals surface area contributed by atoms with Crippen LogP contribution in [-0.2, 0) is 24.3 Å². The maximum atomic E-state index is 13.1. The van der Waals surface area contributed by atoms with Crippen molar-refractivity contribution in [2.75, 3.05) is 4.90 Å². The topological polar surface area (TPSA) is 63.1 Å². The largest absolute Gasteiger partial charge is 0.362 e. The summed E-state index contributed by atoms with van der Waals surface area (Å²) in [6.45, 7) is 4.41. The lowest BCUT2D eigenvalue weighted by Crippen LogP contribution is -2.56. The summed E-state index contributed by atoms with van der Waals surface area (Å²) in [6.07, 6.45) is 8.01. The number of para-hydroxylation sites is 1. The average Bonchev–Trinajstić information content (AvgIpc) is 3.09. The molecule has 2 aromatic rings. The van der Waals surface area contributed by atoms with E-state index in [-0.39, 0.29) is 12.6 Å². The van der Waals surface area contributed by atoms with Gasteiger partial charge in [-0.2, -0.15) is 5.10 Å². The highest BCUT2D eigenvalue weighted by molar-refractivity contribution is 6.39. The van der Waals surface area contributed by atoms with Gasteiger partial charge in [-0.15, -0.1) is 0 Å². The first-order valence-electron chi connectivity index (χ1n) is 7.98. The second kappa shape index (κ2) is 6.65. The van der Waals surface area contributed by atoms with Gasteiger partial charge in [0.05, 0.1) is 5.69 Å². The molecule has 1 atom stereocenters. The van der Waals surface area contributed by atoms with Gasteiger partial charge in [-0.3, -0.25) is 9.69 Å². The Kier molecular flexibility index (Phi) is 4.57. The lowest BCUT2D eigenvalue weighted by molar-refractivity contribution is -0.121. The van der Waals surface area contributed by atoms with E-state index in [1.54, 1.807) is 28.2 Å². The molecule has 0 saturated heterocycles. The molecule has 2 heterocycles. The Morgan fingerprint density at radius 2 is 2.00 bits per heavy atom. The summed E-state index contributed by atoms with van der Waals surface area (Å²) < 4.78 is 1.62. The number of benzene rings is 1. The van der Waals surface area contributed by atoms with Crippen molar-refractivity contribution >= 4 is 23.2 Å². The number of nitrogens with one attached hydrogen (secondary N) is 1. The molecule has 0 radical (unpaired) electrons. The molecule has 6 nitrogen and oxygen atoms in total. The molecule has 24 heavy (non-hydrogen) atoms. The molecular weight excluding hydrogens is 326 g/mol. The van der Waals surface area contributed by atoms with Crippen molar-refractivity contribution in [2.45, 2.75) is 38.4 Å². The minimum atomic E-state index is -1.20. The number of carbonyl (C=O) groups is 1. The van der Waals surface area contributed by atoms with Crippen molar-refractivity contribution in [1.29, 1.82) is 0 Å². The number of hydrogen-bond donors (Lipinski definition) is 1. The van der Waals surface area contributed by atoms with Crippen LogP contribution in [0.3, 0.4) is 0 Å². The third-order valence-electron chi connectivity index (χ3n) is 4.15. The van der Waals surface area contributed by atoms with Gasteiger partial charge in [0.15, 0.2) is 0 Å². The summed E-state index contributed by atoms with van der Waals surface area (Å²) in [6, 6.07) is 6.11. The molecule has 3 rings (SSSR count). The summed E-state index contributed by atoms with van der Waals surface area (Å²) in [4.78, 5) is 17.6. The van der Waals surface area contributed by atoms with Crippen LogP contribution in [0.15, 0.2) is 43.1 Å². The number of rotatable bonds is 6. The first-order valence-corrected chi connectivity index (χ1v) is 8.36. The van der Waals surface area contributed by atoms with Crippen molar-refractivity contribution in [2.24, 2.45) is 0 Å². The molecule has 1 aliphatic rings. The number of aryl methyl sites for hydroxylation is 2. The second-order valence-corrected chi connectivity index (χ2v) is 6.23. The molecule has 1 amide bonds. The van der Waals surface area contributed by atoms with Crippen molar-refractivity contribution in [3.05, 3.63) is 54.3 Å². The molecule has 1 unspecified atom stereocenters. The number of alkyl halides is 1. The molecule has 1 aromatic heterocycles. The lowest BCUT2D eigenvalue weighted by atomic mass is 10.0. The number of hydrogen-bond acceptors (Lipinski definition) is 4. The second-order valence-electron chi connectivity index (χ2n) is 5.63. The van der Waals surface area contributed by atoms with Crippen molar-refractivity contribution < 1.29 is 4.79 Å². The summed E-state index contributed by atoms with van der Waals surface area (Å²) in [5.41, 5.74) is 3.11. The maximum Gasteiger partial charge on any atom is 0.274 e. The monoisotopic (exact) mass is 345 g/mol. The zero-order valence-electron chi connectivity index (χ0n) is 13.7. The van der Waals surface area contributed by atoms with E-state index in [1.165, 1.54) is 6.33 Å². The fraction of sp³-hybridized carbons (Fsp3) is 0.353. The van der Waals surface area contributed by atoms with Crippen LogP contribution in [0.1, 0.15) is 25.0 Å². The predicted octanol–water partition coefficient (Wildman–Crippen LogP) is 2.45. The standard InChI is InChI=1S/C17H20ClN5O/c1-3-13-6-5-7-14(4-2)15(13)23(12-22-11-19-10-21-22)16(24)17(18)8-9-20-17/h5-11,20H,3-4,12H2,1-2H3. The van der Waals surface area contributed by atoms with Gasteiger partial charge in [-0.1, -0.05) is 43.6 Å². The minimum Gasteiger partial charge on any atom is -0.362 e. The molecule has 1 aliphatic heterocycles. The molecule has 1 aromatic carbocycles. The van der Waals surface area contributed by atoms with Crippen LogP contribution < -0.4 is 10.2 Å². The Labute approximate surface area is 146 Å². The third-order valence-corrected chi connectivity index (χ3v) is 4.55. The third kappa shape index (κ3) is 2.89. The number of carbonyl (C=O) groups excluding carboxylic acids is 1. The van der Waals surface area contributed by atoms with Crippen LogP contribution in [0.5, 0.6) is 0 Å². The average molecular weight is 346 g/mol. The first-order chi connectivity index (χ1) is 11.6. The maximum absolute atomic E-state index is 13.1. The van der Waals surface area contributed by atoms with E-state index >= 15 is 0 Å². The van der Waals surface area contributed by atoms with Gasteiger partial charge < -0.3 is 5.32 Å². The smallest absolute Gasteiger partial charge is 0.274 e. The van der Waals surface area contributed by atoms with Crippen molar-refractivity contribution in [1.82, 2.24) is 20.1 Å². The van der Waals surface area contributed by atoms with Gasteiger partial charge in [0.2, 0.25) is 5.00 Å². The Hall–Kier alpha value is -2.34. The molecular formula is C17H20ClN5O. The summed E-state index contributed by atoms with van der Waals surface area (Å²) in [5.74, 6) is -0.224. The van der Waals surface area contributed by atoms with E-state index in [4.69, 9.17) is 11.6 Å². The molecule has 0 aliphatic carbocycles. The van der Waals surface area contributed by atoms with E-state index in [2.05, 4.69) is 29.2 Å². The number of aromatic nitrogens is 3. The zero-order valence-corrected chi connectivity index (χ0v) is 14.5. The van der Waals surface area contributed by atoms with Gasteiger partial charge in [0, 0.05) is 0 Å². The Balaban J connectivity index is 2.07. The van der Waals surface area contributed by atoms with Crippen LogP contribution in [-0.4, -0.2) is 25.7 Å². The highest BCUT2D eigenvalue weighted by Crippen LogP contribution is 2.32. The number of nitrogens with zero attached hydrogens (tertiary/aromatic N) is 4. The van der Waals surface area contributed by atoms with Gasteiger partial charge >= 0.3 is 0 Å². The van der Waals surface area contributed by atoms with Crippen LogP contribution in [0.25, 0.3) is 0 Å². The van der Waals surface area contributed by atoms with E-state index in [9.17, 15) is 4.79 Å². The van der Waals surface area contributed by atoms with Crippen molar-refractivity contribution in [3.8, 4) is 0 Å². The van der Waals surface area contributed by atoms with E-state index in [0.717, 1.165) is 29.7 Å². The van der Waals surface area contributed by atoms with Gasteiger partial charge in [0.25, 0.3) is 5.91 Å². The fourth-order valence-electron chi connectivity index (χ4n) is 2.81. The lowest BCUT2D eigenvalue weighted by Gasteiger charge is -2.36. The van der Waals surface area contributed by atoms with E-state index in [1.807, 2.05) is 18.2 Å².